The highest BCUT2D eigenvalue weighted by atomic mass is 16.5. The van der Waals surface area contributed by atoms with Gasteiger partial charge in [0.1, 0.15) is 0 Å². The first kappa shape index (κ1) is 14.3. The average Bonchev–Trinajstić information content (AvgIpc) is 2.90. The molecule has 0 aliphatic carbocycles. The molecule has 0 amide bonds. The van der Waals surface area contributed by atoms with E-state index in [0.717, 1.165) is 0 Å². The molecule has 1 heterocycles. The van der Waals surface area contributed by atoms with Gasteiger partial charge in [-0.05, 0) is 12.1 Å². The molecular formula is C13H16N2O5. The van der Waals surface area contributed by atoms with Gasteiger partial charge >= 0.3 is 0 Å². The van der Waals surface area contributed by atoms with Gasteiger partial charge in [0.2, 0.25) is 0 Å². The molecule has 20 heavy (non-hydrogen) atoms. The SMILES string of the molecule is COCCOCCc1noc(-c2cccc(O)c2O)n1. The molecule has 7 heteroatoms. The number of phenolic OH excluding ortho intramolecular Hbond substituents is 2. The third-order valence-electron chi connectivity index (χ3n) is 2.62. The van der Waals surface area contributed by atoms with Crippen LogP contribution in [0.1, 0.15) is 5.82 Å². The summed E-state index contributed by atoms with van der Waals surface area (Å²) in [5.41, 5.74) is 0.295. The van der Waals surface area contributed by atoms with Crippen molar-refractivity contribution in [1.29, 1.82) is 0 Å². The van der Waals surface area contributed by atoms with E-state index in [2.05, 4.69) is 10.1 Å². The molecule has 2 N–H and O–H groups in total. The Morgan fingerprint density at radius 3 is 2.85 bits per heavy atom. The van der Waals surface area contributed by atoms with Crippen LogP contribution in [0.4, 0.5) is 0 Å². The van der Waals surface area contributed by atoms with Crippen LogP contribution in [0, 0.1) is 0 Å². The van der Waals surface area contributed by atoms with Gasteiger partial charge in [-0.2, -0.15) is 4.98 Å². The highest BCUT2D eigenvalue weighted by molar-refractivity contribution is 5.66. The lowest BCUT2D eigenvalue weighted by atomic mass is 10.2. The second-order valence-corrected chi connectivity index (χ2v) is 4.04. The van der Waals surface area contributed by atoms with Crippen molar-refractivity contribution in [2.24, 2.45) is 0 Å². The van der Waals surface area contributed by atoms with Gasteiger partial charge in [0, 0.05) is 13.5 Å². The zero-order valence-corrected chi connectivity index (χ0v) is 11.1. The lowest BCUT2D eigenvalue weighted by Crippen LogP contribution is -2.05. The molecule has 0 aliphatic heterocycles. The van der Waals surface area contributed by atoms with Crippen LogP contribution in [0.5, 0.6) is 11.5 Å². The van der Waals surface area contributed by atoms with E-state index >= 15 is 0 Å². The number of aromatic nitrogens is 2. The summed E-state index contributed by atoms with van der Waals surface area (Å²) in [6.07, 6.45) is 0.493. The molecule has 0 saturated carbocycles. The maximum atomic E-state index is 9.72. The summed E-state index contributed by atoms with van der Waals surface area (Å²) >= 11 is 0. The Hall–Kier alpha value is -2.12. The quantitative estimate of drug-likeness (QED) is 0.583. The van der Waals surface area contributed by atoms with Gasteiger partial charge in [0.15, 0.2) is 17.3 Å². The van der Waals surface area contributed by atoms with Gasteiger partial charge in [-0.3, -0.25) is 0 Å². The van der Waals surface area contributed by atoms with E-state index < -0.39 is 0 Å². The Labute approximate surface area is 115 Å². The van der Waals surface area contributed by atoms with Crippen LogP contribution in [0.25, 0.3) is 11.5 Å². The molecule has 0 radical (unpaired) electrons. The standard InChI is InChI=1S/C13H16N2O5/c1-18-7-8-19-6-5-11-14-13(20-15-11)9-3-2-4-10(16)12(9)17/h2-4,16-17H,5-8H2,1H3. The normalized spacial score (nSPS) is 10.8. The molecule has 0 spiro atoms. The Bertz CT molecular complexity index is 555. The number of benzene rings is 1. The number of phenols is 2. The minimum atomic E-state index is -0.279. The molecule has 0 unspecified atom stereocenters. The summed E-state index contributed by atoms with van der Waals surface area (Å²) < 4.78 is 15.2. The number of ether oxygens (including phenoxy) is 2. The van der Waals surface area contributed by atoms with Crippen molar-refractivity contribution >= 4 is 0 Å². The van der Waals surface area contributed by atoms with Crippen molar-refractivity contribution in [3.8, 4) is 23.0 Å². The van der Waals surface area contributed by atoms with Crippen molar-refractivity contribution in [2.75, 3.05) is 26.9 Å². The highest BCUT2D eigenvalue weighted by Crippen LogP contribution is 2.34. The smallest absolute Gasteiger partial charge is 0.261 e. The number of nitrogens with zero attached hydrogens (tertiary/aromatic N) is 2. The Kier molecular flexibility index (Phi) is 4.91. The largest absolute Gasteiger partial charge is 0.504 e. The lowest BCUT2D eigenvalue weighted by molar-refractivity contribution is 0.0714. The van der Waals surface area contributed by atoms with Gasteiger partial charge in [-0.1, -0.05) is 11.2 Å². The molecular weight excluding hydrogens is 264 g/mol. The molecule has 2 aromatic rings. The fraction of sp³-hybridized carbons (Fsp3) is 0.385. The van der Waals surface area contributed by atoms with Gasteiger partial charge in [0.25, 0.3) is 5.89 Å². The Morgan fingerprint density at radius 1 is 1.20 bits per heavy atom. The van der Waals surface area contributed by atoms with Crippen LogP contribution >= 0.6 is 0 Å². The number of para-hydroxylation sites is 1. The van der Waals surface area contributed by atoms with E-state index in [1.807, 2.05) is 0 Å². The molecule has 1 aromatic heterocycles. The van der Waals surface area contributed by atoms with Crippen LogP contribution in [-0.4, -0.2) is 47.3 Å². The van der Waals surface area contributed by atoms with Crippen LogP contribution in [0.3, 0.4) is 0 Å². The predicted molar refractivity (Wildman–Crippen MR) is 69.5 cm³/mol. The minimum absolute atomic E-state index is 0.158. The third kappa shape index (κ3) is 3.46. The number of rotatable bonds is 7. The molecule has 2 rings (SSSR count). The minimum Gasteiger partial charge on any atom is -0.504 e. The average molecular weight is 280 g/mol. The van der Waals surface area contributed by atoms with Crippen LogP contribution in [-0.2, 0) is 15.9 Å². The molecule has 0 aliphatic rings. The summed E-state index contributed by atoms with van der Waals surface area (Å²) in [6.45, 7) is 1.50. The summed E-state index contributed by atoms with van der Waals surface area (Å²) in [6, 6.07) is 4.54. The van der Waals surface area contributed by atoms with E-state index in [9.17, 15) is 10.2 Å². The number of methoxy groups -OCH3 is 1. The van der Waals surface area contributed by atoms with Crippen LogP contribution in [0.2, 0.25) is 0 Å². The first-order valence-corrected chi connectivity index (χ1v) is 6.13. The van der Waals surface area contributed by atoms with E-state index in [-0.39, 0.29) is 17.4 Å². The fourth-order valence-electron chi connectivity index (χ4n) is 1.58. The predicted octanol–water partition coefficient (Wildman–Crippen LogP) is 1.35. The Morgan fingerprint density at radius 2 is 2.05 bits per heavy atom. The Balaban J connectivity index is 1.97. The molecule has 0 fully saturated rings. The van der Waals surface area contributed by atoms with E-state index in [1.54, 1.807) is 19.2 Å². The van der Waals surface area contributed by atoms with Crippen molar-refractivity contribution < 1.29 is 24.2 Å². The second-order valence-electron chi connectivity index (χ2n) is 4.04. The monoisotopic (exact) mass is 280 g/mol. The molecule has 0 saturated heterocycles. The maximum absolute atomic E-state index is 9.72. The third-order valence-corrected chi connectivity index (χ3v) is 2.62. The van der Waals surface area contributed by atoms with Crippen molar-refractivity contribution in [3.63, 3.8) is 0 Å². The number of hydrogen-bond donors (Lipinski definition) is 2. The summed E-state index contributed by atoms with van der Waals surface area (Å²) in [4.78, 5) is 4.14. The summed E-state index contributed by atoms with van der Waals surface area (Å²) in [5, 5.41) is 22.9. The first-order chi connectivity index (χ1) is 9.72. The van der Waals surface area contributed by atoms with E-state index in [1.165, 1.54) is 6.07 Å². The molecule has 0 atom stereocenters. The zero-order chi connectivity index (χ0) is 14.4. The summed E-state index contributed by atoms with van der Waals surface area (Å²) in [5.74, 6) is 0.120. The van der Waals surface area contributed by atoms with E-state index in [0.29, 0.717) is 37.6 Å². The van der Waals surface area contributed by atoms with Gasteiger partial charge in [0.05, 0.1) is 25.4 Å². The maximum Gasteiger partial charge on any atom is 0.261 e. The van der Waals surface area contributed by atoms with E-state index in [4.69, 9.17) is 14.0 Å². The fourth-order valence-corrected chi connectivity index (χ4v) is 1.58. The molecule has 108 valence electrons. The van der Waals surface area contributed by atoms with Gasteiger partial charge in [-0.15, -0.1) is 0 Å². The zero-order valence-electron chi connectivity index (χ0n) is 11.1. The summed E-state index contributed by atoms with van der Waals surface area (Å²) in [7, 11) is 1.61. The van der Waals surface area contributed by atoms with Crippen molar-refractivity contribution in [2.45, 2.75) is 6.42 Å². The van der Waals surface area contributed by atoms with Crippen LogP contribution in [0.15, 0.2) is 22.7 Å². The van der Waals surface area contributed by atoms with Crippen molar-refractivity contribution in [1.82, 2.24) is 10.1 Å². The van der Waals surface area contributed by atoms with Crippen molar-refractivity contribution in [3.05, 3.63) is 24.0 Å². The molecule has 7 nitrogen and oxygen atoms in total. The topological polar surface area (TPSA) is 97.8 Å². The highest BCUT2D eigenvalue weighted by Gasteiger charge is 2.14. The first-order valence-electron chi connectivity index (χ1n) is 6.13. The second kappa shape index (κ2) is 6.88. The molecule has 1 aromatic carbocycles. The van der Waals surface area contributed by atoms with Crippen LogP contribution < -0.4 is 0 Å². The van der Waals surface area contributed by atoms with Gasteiger partial charge < -0.3 is 24.2 Å². The van der Waals surface area contributed by atoms with Gasteiger partial charge in [-0.25, -0.2) is 0 Å². The molecule has 0 bridgehead atoms. The number of aromatic hydroxyl groups is 2. The lowest BCUT2D eigenvalue weighted by Gasteiger charge is -2.01. The number of hydrogen-bond acceptors (Lipinski definition) is 7.